The molecule has 2 aliphatic carbocycles. The zero-order valence-electron chi connectivity index (χ0n) is 10.7. The zero-order valence-corrected chi connectivity index (χ0v) is 10.7. The molecule has 19 heavy (non-hydrogen) atoms. The van der Waals surface area contributed by atoms with Crippen LogP contribution >= 0.6 is 0 Å². The summed E-state index contributed by atoms with van der Waals surface area (Å²) in [6.07, 6.45) is 5.07. The summed E-state index contributed by atoms with van der Waals surface area (Å²) in [5.74, 6) is -0.0987. The lowest BCUT2D eigenvalue weighted by molar-refractivity contribution is 0.112. The van der Waals surface area contributed by atoms with Crippen molar-refractivity contribution in [2.75, 3.05) is 18.0 Å². The Labute approximate surface area is 111 Å². The van der Waals surface area contributed by atoms with Crippen LogP contribution in [0.4, 0.5) is 14.5 Å². The molecule has 4 heteroatoms. The van der Waals surface area contributed by atoms with Crippen LogP contribution in [0.25, 0.3) is 0 Å². The molecule has 2 saturated carbocycles. The second-order valence-electron chi connectivity index (χ2n) is 5.74. The largest absolute Gasteiger partial charge is 0.366 e. The first-order chi connectivity index (χ1) is 9.17. The van der Waals surface area contributed by atoms with Crippen LogP contribution in [0, 0.1) is 23.5 Å². The third kappa shape index (κ3) is 2.94. The second-order valence-corrected chi connectivity index (χ2v) is 5.74. The SMILES string of the molecule is O=Cc1cc(F)c(N(CC2CC2)CC2CC2)c(F)c1. The van der Waals surface area contributed by atoms with E-state index >= 15 is 0 Å². The standard InChI is InChI=1S/C15H17F2NO/c16-13-5-12(9-19)6-14(17)15(13)18(7-10-1-2-10)8-11-3-4-11/h5-6,9-11H,1-4,7-8H2. The number of anilines is 1. The van der Waals surface area contributed by atoms with Gasteiger partial charge in [-0.15, -0.1) is 0 Å². The second kappa shape index (κ2) is 4.91. The number of aldehydes is 1. The van der Waals surface area contributed by atoms with E-state index in [0.717, 1.165) is 50.9 Å². The Morgan fingerprint density at radius 2 is 1.53 bits per heavy atom. The van der Waals surface area contributed by atoms with Gasteiger partial charge in [-0.05, 0) is 49.7 Å². The lowest BCUT2D eigenvalue weighted by Crippen LogP contribution is -2.30. The molecule has 2 nitrogen and oxygen atoms in total. The molecule has 0 radical (unpaired) electrons. The predicted octanol–water partition coefficient (Wildman–Crippen LogP) is 3.40. The number of hydrogen-bond acceptors (Lipinski definition) is 2. The van der Waals surface area contributed by atoms with Crippen LogP contribution in [-0.4, -0.2) is 19.4 Å². The highest BCUT2D eigenvalue weighted by Gasteiger charge is 2.31. The van der Waals surface area contributed by atoms with Gasteiger partial charge in [-0.3, -0.25) is 4.79 Å². The van der Waals surface area contributed by atoms with Gasteiger partial charge in [0.15, 0.2) is 0 Å². The molecular formula is C15H17F2NO. The maximum Gasteiger partial charge on any atom is 0.150 e. The summed E-state index contributed by atoms with van der Waals surface area (Å²) in [7, 11) is 0. The van der Waals surface area contributed by atoms with Crippen LogP contribution in [0.1, 0.15) is 36.0 Å². The van der Waals surface area contributed by atoms with Crippen molar-refractivity contribution >= 4 is 12.0 Å². The van der Waals surface area contributed by atoms with Crippen molar-refractivity contribution in [3.05, 3.63) is 29.3 Å². The van der Waals surface area contributed by atoms with Crippen molar-refractivity contribution in [1.82, 2.24) is 0 Å². The van der Waals surface area contributed by atoms with Gasteiger partial charge in [-0.25, -0.2) is 8.78 Å². The Balaban J connectivity index is 1.88. The number of halogens is 2. The van der Waals surface area contributed by atoms with Gasteiger partial charge in [0, 0.05) is 18.7 Å². The van der Waals surface area contributed by atoms with Gasteiger partial charge in [0.2, 0.25) is 0 Å². The van der Waals surface area contributed by atoms with Gasteiger partial charge in [0.25, 0.3) is 0 Å². The van der Waals surface area contributed by atoms with Crippen LogP contribution in [0.5, 0.6) is 0 Å². The Hall–Kier alpha value is -1.45. The summed E-state index contributed by atoms with van der Waals surface area (Å²) in [6.45, 7) is 1.45. The molecule has 1 aromatic rings. The van der Waals surface area contributed by atoms with E-state index in [9.17, 15) is 13.6 Å². The van der Waals surface area contributed by atoms with E-state index in [-0.39, 0.29) is 11.3 Å². The lowest BCUT2D eigenvalue weighted by Gasteiger charge is -2.26. The van der Waals surface area contributed by atoms with Crippen LogP contribution in [-0.2, 0) is 0 Å². The number of carbonyl (C=O) groups is 1. The molecule has 0 spiro atoms. The fourth-order valence-electron chi connectivity index (χ4n) is 2.44. The molecule has 102 valence electrons. The average Bonchev–Trinajstić information content (AvgIpc) is 3.23. The molecule has 0 atom stereocenters. The Kier molecular flexibility index (Phi) is 3.25. The summed E-state index contributed by atoms with van der Waals surface area (Å²) in [5, 5.41) is 0. The number of benzene rings is 1. The third-order valence-corrected chi connectivity index (χ3v) is 3.84. The van der Waals surface area contributed by atoms with Crippen LogP contribution < -0.4 is 4.90 Å². The van der Waals surface area contributed by atoms with Crippen LogP contribution in [0.2, 0.25) is 0 Å². The van der Waals surface area contributed by atoms with E-state index in [2.05, 4.69) is 0 Å². The maximum absolute atomic E-state index is 14.0. The molecule has 2 fully saturated rings. The molecule has 0 aliphatic heterocycles. The summed E-state index contributed by atoms with van der Waals surface area (Å²) < 4.78 is 28.1. The summed E-state index contributed by atoms with van der Waals surface area (Å²) in [6, 6.07) is 2.25. The summed E-state index contributed by atoms with van der Waals surface area (Å²) in [4.78, 5) is 12.5. The molecular weight excluding hydrogens is 248 g/mol. The highest BCUT2D eigenvalue weighted by Crippen LogP contribution is 2.37. The Bertz CT molecular complexity index is 458. The van der Waals surface area contributed by atoms with E-state index in [1.54, 1.807) is 0 Å². The molecule has 0 heterocycles. The first-order valence-electron chi connectivity index (χ1n) is 6.86. The molecule has 2 aliphatic rings. The molecule has 0 bridgehead atoms. The third-order valence-electron chi connectivity index (χ3n) is 3.84. The van der Waals surface area contributed by atoms with E-state index in [1.165, 1.54) is 0 Å². The quantitative estimate of drug-likeness (QED) is 0.735. The van der Waals surface area contributed by atoms with E-state index < -0.39 is 11.6 Å². The van der Waals surface area contributed by atoms with Gasteiger partial charge in [-0.2, -0.15) is 0 Å². The molecule has 3 rings (SSSR count). The predicted molar refractivity (Wildman–Crippen MR) is 69.4 cm³/mol. The fraction of sp³-hybridized carbons (Fsp3) is 0.533. The van der Waals surface area contributed by atoms with E-state index in [4.69, 9.17) is 0 Å². The summed E-state index contributed by atoms with van der Waals surface area (Å²) in [5.41, 5.74) is 0.0981. The van der Waals surface area contributed by atoms with Gasteiger partial charge < -0.3 is 4.90 Å². The van der Waals surface area contributed by atoms with Crippen molar-refractivity contribution in [3.8, 4) is 0 Å². The minimum Gasteiger partial charge on any atom is -0.366 e. The molecule has 0 amide bonds. The first-order valence-corrected chi connectivity index (χ1v) is 6.86. The monoisotopic (exact) mass is 265 g/mol. The van der Waals surface area contributed by atoms with Crippen LogP contribution in [0.15, 0.2) is 12.1 Å². The van der Waals surface area contributed by atoms with Crippen LogP contribution in [0.3, 0.4) is 0 Å². The molecule has 0 aromatic heterocycles. The number of carbonyl (C=O) groups excluding carboxylic acids is 1. The maximum atomic E-state index is 14.0. The van der Waals surface area contributed by atoms with Crippen molar-refractivity contribution < 1.29 is 13.6 Å². The minimum atomic E-state index is -0.622. The van der Waals surface area contributed by atoms with Gasteiger partial charge in [0.05, 0.1) is 0 Å². The number of nitrogens with zero attached hydrogens (tertiary/aromatic N) is 1. The van der Waals surface area contributed by atoms with Gasteiger partial charge >= 0.3 is 0 Å². The topological polar surface area (TPSA) is 20.3 Å². The average molecular weight is 265 g/mol. The van der Waals surface area contributed by atoms with Gasteiger partial charge in [-0.1, -0.05) is 0 Å². The Morgan fingerprint density at radius 3 is 1.89 bits per heavy atom. The van der Waals surface area contributed by atoms with E-state index in [0.29, 0.717) is 18.1 Å². The van der Waals surface area contributed by atoms with Gasteiger partial charge in [0.1, 0.15) is 23.6 Å². The van der Waals surface area contributed by atoms with E-state index in [1.807, 2.05) is 4.90 Å². The number of rotatable bonds is 6. The fourth-order valence-corrected chi connectivity index (χ4v) is 2.44. The highest BCUT2D eigenvalue weighted by molar-refractivity contribution is 5.76. The van der Waals surface area contributed by atoms with Crippen molar-refractivity contribution in [2.24, 2.45) is 11.8 Å². The van der Waals surface area contributed by atoms with Crippen molar-refractivity contribution in [2.45, 2.75) is 25.7 Å². The highest BCUT2D eigenvalue weighted by atomic mass is 19.1. The number of hydrogen-bond donors (Lipinski definition) is 0. The normalized spacial score (nSPS) is 18.4. The molecule has 0 N–H and O–H groups in total. The first kappa shape index (κ1) is 12.6. The summed E-state index contributed by atoms with van der Waals surface area (Å²) >= 11 is 0. The minimum absolute atomic E-state index is 0.0457. The Morgan fingerprint density at radius 1 is 1.05 bits per heavy atom. The molecule has 0 saturated heterocycles. The molecule has 0 unspecified atom stereocenters. The zero-order chi connectivity index (χ0) is 13.4. The smallest absolute Gasteiger partial charge is 0.150 e. The lowest BCUT2D eigenvalue weighted by atomic mass is 10.1. The van der Waals surface area contributed by atoms with Crippen molar-refractivity contribution in [3.63, 3.8) is 0 Å². The van der Waals surface area contributed by atoms with Crippen molar-refractivity contribution in [1.29, 1.82) is 0 Å². The molecule has 1 aromatic carbocycles.